The van der Waals surface area contributed by atoms with Gasteiger partial charge in [0.15, 0.2) is 11.5 Å². The lowest BCUT2D eigenvalue weighted by Crippen LogP contribution is -2.31. The van der Waals surface area contributed by atoms with Crippen LogP contribution >= 0.6 is 15.9 Å². The molecule has 2 aliphatic rings. The van der Waals surface area contributed by atoms with Crippen molar-refractivity contribution in [2.75, 3.05) is 6.79 Å². The van der Waals surface area contributed by atoms with E-state index in [1.807, 2.05) is 12.1 Å². The third-order valence-corrected chi connectivity index (χ3v) is 4.76. The minimum Gasteiger partial charge on any atom is -0.454 e. The summed E-state index contributed by atoms with van der Waals surface area (Å²) in [6.07, 6.45) is 7.44. The zero-order valence-corrected chi connectivity index (χ0v) is 13.5. The number of fused-ring (bicyclic) bond motifs is 1. The standard InChI is InChI=1S/C16H19BrN2O2/c17-13-7-11(8-15-16(13)21-10-20-15)14(9-18)19-12-5-3-1-2-4-6-12/h7-8,12,14,19H,1-6,10H2. The quantitative estimate of drug-likeness (QED) is 0.835. The molecule has 0 amide bonds. The van der Waals surface area contributed by atoms with Crippen LogP contribution in [0.2, 0.25) is 0 Å². The van der Waals surface area contributed by atoms with Crippen molar-refractivity contribution in [1.29, 1.82) is 5.26 Å². The Morgan fingerprint density at radius 1 is 1.19 bits per heavy atom. The number of rotatable bonds is 3. The Hall–Kier alpha value is -1.25. The first-order valence-corrected chi connectivity index (χ1v) is 8.32. The van der Waals surface area contributed by atoms with E-state index in [0.29, 0.717) is 11.8 Å². The Morgan fingerprint density at radius 3 is 2.67 bits per heavy atom. The molecule has 1 fully saturated rings. The first-order chi connectivity index (χ1) is 10.3. The largest absolute Gasteiger partial charge is 0.454 e. The molecule has 1 aliphatic heterocycles. The van der Waals surface area contributed by atoms with Crippen LogP contribution in [0.25, 0.3) is 0 Å². The van der Waals surface area contributed by atoms with Crippen LogP contribution in [-0.2, 0) is 0 Å². The molecule has 5 heteroatoms. The highest BCUT2D eigenvalue weighted by Crippen LogP contribution is 2.41. The molecule has 1 N–H and O–H groups in total. The van der Waals surface area contributed by atoms with E-state index < -0.39 is 0 Å². The monoisotopic (exact) mass is 350 g/mol. The summed E-state index contributed by atoms with van der Waals surface area (Å²) in [5.41, 5.74) is 0.929. The lowest BCUT2D eigenvalue weighted by atomic mass is 10.0. The summed E-state index contributed by atoms with van der Waals surface area (Å²) < 4.78 is 11.7. The van der Waals surface area contributed by atoms with Crippen LogP contribution in [0.15, 0.2) is 16.6 Å². The number of hydrogen-bond donors (Lipinski definition) is 1. The second-order valence-electron chi connectivity index (χ2n) is 5.65. The zero-order valence-electron chi connectivity index (χ0n) is 11.9. The van der Waals surface area contributed by atoms with Gasteiger partial charge in [-0.2, -0.15) is 5.26 Å². The molecule has 1 atom stereocenters. The molecule has 4 nitrogen and oxygen atoms in total. The smallest absolute Gasteiger partial charge is 0.231 e. The summed E-state index contributed by atoms with van der Waals surface area (Å²) in [7, 11) is 0. The van der Waals surface area contributed by atoms with Gasteiger partial charge < -0.3 is 9.47 Å². The van der Waals surface area contributed by atoms with E-state index in [9.17, 15) is 5.26 Å². The summed E-state index contributed by atoms with van der Waals surface area (Å²) >= 11 is 3.49. The molecule has 112 valence electrons. The number of nitriles is 1. The van der Waals surface area contributed by atoms with Crippen molar-refractivity contribution in [2.24, 2.45) is 0 Å². The topological polar surface area (TPSA) is 54.3 Å². The van der Waals surface area contributed by atoms with Crippen LogP contribution < -0.4 is 14.8 Å². The van der Waals surface area contributed by atoms with Gasteiger partial charge in [-0.3, -0.25) is 5.32 Å². The summed E-state index contributed by atoms with van der Waals surface area (Å²) in [4.78, 5) is 0. The van der Waals surface area contributed by atoms with E-state index in [1.165, 1.54) is 25.7 Å². The molecule has 3 rings (SSSR count). The maximum Gasteiger partial charge on any atom is 0.231 e. The van der Waals surface area contributed by atoms with Crippen molar-refractivity contribution in [3.8, 4) is 17.6 Å². The summed E-state index contributed by atoms with van der Waals surface area (Å²) in [5, 5.41) is 13.0. The molecule has 1 aromatic rings. The van der Waals surface area contributed by atoms with Crippen molar-refractivity contribution < 1.29 is 9.47 Å². The van der Waals surface area contributed by atoms with Gasteiger partial charge in [-0.05, 0) is 46.5 Å². The van der Waals surface area contributed by atoms with Gasteiger partial charge in [0.2, 0.25) is 6.79 Å². The number of nitrogens with one attached hydrogen (secondary N) is 1. The Balaban J connectivity index is 1.77. The van der Waals surface area contributed by atoms with Crippen molar-refractivity contribution in [3.63, 3.8) is 0 Å². The fourth-order valence-electron chi connectivity index (χ4n) is 3.04. The summed E-state index contributed by atoms with van der Waals surface area (Å²) in [5.74, 6) is 1.44. The minimum absolute atomic E-state index is 0.241. The lowest BCUT2D eigenvalue weighted by molar-refractivity contribution is 0.173. The predicted molar refractivity (Wildman–Crippen MR) is 83.2 cm³/mol. The second kappa shape index (κ2) is 6.67. The number of hydrogen-bond acceptors (Lipinski definition) is 4. The molecule has 1 aliphatic carbocycles. The normalized spacial score (nSPS) is 19.8. The van der Waals surface area contributed by atoms with Crippen LogP contribution in [0.5, 0.6) is 11.5 Å². The molecule has 1 heterocycles. The molecule has 21 heavy (non-hydrogen) atoms. The molecule has 0 bridgehead atoms. The average Bonchev–Trinajstić information content (AvgIpc) is 2.82. The third-order valence-electron chi connectivity index (χ3n) is 4.17. The SMILES string of the molecule is N#CC(NC1CCCCCC1)c1cc(Br)c2c(c1)OCO2. The number of halogens is 1. The van der Waals surface area contributed by atoms with Crippen molar-refractivity contribution in [1.82, 2.24) is 5.32 Å². The number of nitrogens with zero attached hydrogens (tertiary/aromatic N) is 1. The van der Waals surface area contributed by atoms with Crippen LogP contribution in [0.1, 0.15) is 50.1 Å². The second-order valence-corrected chi connectivity index (χ2v) is 6.51. The zero-order chi connectivity index (χ0) is 14.7. The van der Waals surface area contributed by atoms with Gasteiger partial charge in [0.1, 0.15) is 6.04 Å². The molecule has 0 aromatic heterocycles. The fraction of sp³-hybridized carbons (Fsp3) is 0.562. The van der Waals surface area contributed by atoms with Gasteiger partial charge in [0.25, 0.3) is 0 Å². The molecule has 0 radical (unpaired) electrons. The Labute approximate surface area is 133 Å². The molecular formula is C16H19BrN2O2. The summed E-state index contributed by atoms with van der Waals surface area (Å²) in [6, 6.07) is 6.36. The van der Waals surface area contributed by atoms with Gasteiger partial charge in [-0.1, -0.05) is 25.7 Å². The van der Waals surface area contributed by atoms with Gasteiger partial charge in [-0.15, -0.1) is 0 Å². The minimum atomic E-state index is -0.307. The molecule has 1 saturated carbocycles. The highest BCUT2D eigenvalue weighted by molar-refractivity contribution is 9.10. The molecule has 1 unspecified atom stereocenters. The third kappa shape index (κ3) is 3.33. The van der Waals surface area contributed by atoms with Crippen LogP contribution in [0.4, 0.5) is 0 Å². The van der Waals surface area contributed by atoms with E-state index >= 15 is 0 Å². The van der Waals surface area contributed by atoms with Crippen LogP contribution in [0.3, 0.4) is 0 Å². The van der Waals surface area contributed by atoms with E-state index in [4.69, 9.17) is 9.47 Å². The average molecular weight is 351 g/mol. The Kier molecular flexibility index (Phi) is 4.67. The predicted octanol–water partition coefficient (Wildman–Crippen LogP) is 4.05. The Bertz CT molecular complexity index is 548. The maximum absolute atomic E-state index is 9.52. The van der Waals surface area contributed by atoms with Gasteiger partial charge in [-0.25, -0.2) is 0 Å². The van der Waals surface area contributed by atoms with Gasteiger partial charge in [0, 0.05) is 6.04 Å². The molecule has 0 spiro atoms. The number of ether oxygens (including phenoxy) is 2. The van der Waals surface area contributed by atoms with E-state index in [1.54, 1.807) is 0 Å². The first-order valence-electron chi connectivity index (χ1n) is 7.52. The van der Waals surface area contributed by atoms with E-state index in [2.05, 4.69) is 27.3 Å². The number of benzene rings is 1. The lowest BCUT2D eigenvalue weighted by Gasteiger charge is -2.21. The van der Waals surface area contributed by atoms with Crippen LogP contribution in [-0.4, -0.2) is 12.8 Å². The van der Waals surface area contributed by atoms with E-state index in [-0.39, 0.29) is 12.8 Å². The maximum atomic E-state index is 9.52. The molecular weight excluding hydrogens is 332 g/mol. The highest BCUT2D eigenvalue weighted by atomic mass is 79.9. The highest BCUT2D eigenvalue weighted by Gasteiger charge is 2.23. The van der Waals surface area contributed by atoms with Crippen LogP contribution in [0, 0.1) is 11.3 Å². The van der Waals surface area contributed by atoms with Crippen molar-refractivity contribution in [2.45, 2.75) is 50.6 Å². The fourth-order valence-corrected chi connectivity index (χ4v) is 3.62. The summed E-state index contributed by atoms with van der Waals surface area (Å²) in [6.45, 7) is 0.241. The first kappa shape index (κ1) is 14.7. The molecule has 0 saturated heterocycles. The van der Waals surface area contributed by atoms with Gasteiger partial charge in [0.05, 0.1) is 10.5 Å². The Morgan fingerprint density at radius 2 is 1.95 bits per heavy atom. The molecule has 1 aromatic carbocycles. The van der Waals surface area contributed by atoms with Crippen molar-refractivity contribution >= 4 is 15.9 Å². The van der Waals surface area contributed by atoms with E-state index in [0.717, 1.165) is 28.6 Å². The van der Waals surface area contributed by atoms with Gasteiger partial charge >= 0.3 is 0 Å². The van der Waals surface area contributed by atoms with Crippen molar-refractivity contribution in [3.05, 3.63) is 22.2 Å².